The number of amides is 1. The van der Waals surface area contributed by atoms with Gasteiger partial charge in [-0.3, -0.25) is 14.6 Å². The molecule has 5 aliphatic rings. The number of nitrogens with one attached hydrogen (secondary N) is 1. The molecular formula is C22H27N3O3. The summed E-state index contributed by atoms with van der Waals surface area (Å²) in [5.41, 5.74) is 8.15. The Morgan fingerprint density at radius 2 is 1.96 bits per heavy atom. The molecule has 1 amide bonds. The number of carbonyl (C=O) groups is 2. The number of primary amides is 1. The number of allylic oxidation sites excluding steroid dienone is 1. The quantitative estimate of drug-likeness (QED) is 0.657. The Kier molecular flexibility index (Phi) is 4.09. The fraction of sp³-hybridized carbons (Fsp3) is 0.591. The predicted octanol–water partition coefficient (Wildman–Crippen LogP) is 2.45. The van der Waals surface area contributed by atoms with Gasteiger partial charge in [0.05, 0.1) is 22.5 Å². The van der Waals surface area contributed by atoms with Crippen molar-refractivity contribution in [3.8, 4) is 0 Å². The van der Waals surface area contributed by atoms with E-state index in [0.29, 0.717) is 23.3 Å². The highest BCUT2D eigenvalue weighted by Gasteiger charge is 2.54. The number of aromatic nitrogens is 1. The van der Waals surface area contributed by atoms with Crippen molar-refractivity contribution in [2.24, 2.45) is 23.5 Å². The van der Waals surface area contributed by atoms with Crippen LogP contribution in [0.3, 0.4) is 0 Å². The van der Waals surface area contributed by atoms with Crippen LogP contribution in [-0.4, -0.2) is 33.4 Å². The van der Waals surface area contributed by atoms with Gasteiger partial charge in [0.25, 0.3) is 0 Å². The zero-order valence-electron chi connectivity index (χ0n) is 16.0. The Morgan fingerprint density at radius 1 is 1.21 bits per heavy atom. The number of fused-ring (bicyclic) bond motifs is 1. The molecule has 4 fully saturated rings. The monoisotopic (exact) mass is 381 g/mol. The number of ketones is 1. The minimum atomic E-state index is -0.477. The Balaban J connectivity index is 1.46. The summed E-state index contributed by atoms with van der Waals surface area (Å²) in [6.07, 6.45) is 11.7. The van der Waals surface area contributed by atoms with Crippen molar-refractivity contribution in [1.29, 1.82) is 0 Å². The fourth-order valence-electron chi connectivity index (χ4n) is 6.32. The van der Waals surface area contributed by atoms with E-state index in [2.05, 4.69) is 16.4 Å². The molecule has 0 radical (unpaired) electrons. The molecule has 0 saturated heterocycles. The Bertz CT molecular complexity index is 862. The van der Waals surface area contributed by atoms with Gasteiger partial charge in [0.1, 0.15) is 0 Å². The van der Waals surface area contributed by atoms with E-state index < -0.39 is 11.5 Å². The maximum Gasteiger partial charge on any atom is 0.217 e. The molecule has 0 spiro atoms. The first-order valence-corrected chi connectivity index (χ1v) is 10.4. The van der Waals surface area contributed by atoms with Gasteiger partial charge < -0.3 is 16.2 Å². The van der Waals surface area contributed by atoms with Gasteiger partial charge in [-0.05, 0) is 49.9 Å². The third-order valence-electron chi connectivity index (χ3n) is 7.25. The van der Waals surface area contributed by atoms with Crippen molar-refractivity contribution >= 4 is 23.5 Å². The summed E-state index contributed by atoms with van der Waals surface area (Å²) in [4.78, 5) is 28.4. The molecule has 4 bridgehead atoms. The first-order valence-electron chi connectivity index (χ1n) is 10.4. The number of Topliss-reactive ketones (excluding diaryl/α,β-unsaturated/α-hetero) is 1. The molecule has 4 saturated carbocycles. The molecule has 1 heterocycles. The summed E-state index contributed by atoms with van der Waals surface area (Å²) in [6.45, 7) is 0. The SMILES string of the molecule is NC(=O)CCC(=O)c1cnc2c(c1NC1C3CC4CC1CC(O)(C4)C3)C=CC2. The summed E-state index contributed by atoms with van der Waals surface area (Å²) in [5, 5.41) is 14.6. The van der Waals surface area contributed by atoms with Crippen LogP contribution in [-0.2, 0) is 11.2 Å². The van der Waals surface area contributed by atoms with Crippen LogP contribution in [0.15, 0.2) is 12.3 Å². The second-order valence-electron chi connectivity index (χ2n) is 9.27. The number of aliphatic hydroxyl groups is 1. The summed E-state index contributed by atoms with van der Waals surface area (Å²) in [7, 11) is 0. The summed E-state index contributed by atoms with van der Waals surface area (Å²) < 4.78 is 0. The number of carbonyl (C=O) groups excluding carboxylic acids is 2. The lowest BCUT2D eigenvalue weighted by atomic mass is 9.52. The maximum absolute atomic E-state index is 12.8. The number of pyridine rings is 1. The Hall–Kier alpha value is -2.21. The van der Waals surface area contributed by atoms with E-state index in [1.807, 2.05) is 6.08 Å². The van der Waals surface area contributed by atoms with Crippen LogP contribution in [0.25, 0.3) is 6.08 Å². The topological polar surface area (TPSA) is 105 Å². The second-order valence-corrected chi connectivity index (χ2v) is 9.27. The standard InChI is InChI=1S/C22H27N3O3/c23-19(27)5-4-18(26)16-11-24-17-3-1-2-15(17)21(16)25-20-13-6-12-7-14(20)10-22(28,8-12)9-13/h1-2,11-14,20,28H,3-10H2,(H2,23,27)(H,24,25). The van der Waals surface area contributed by atoms with Crippen LogP contribution in [0.2, 0.25) is 0 Å². The largest absolute Gasteiger partial charge is 0.390 e. The lowest BCUT2D eigenvalue weighted by molar-refractivity contribution is -0.129. The minimum Gasteiger partial charge on any atom is -0.390 e. The molecular weight excluding hydrogens is 354 g/mol. The normalized spacial score (nSPS) is 34.5. The Labute approximate surface area is 164 Å². The summed E-state index contributed by atoms with van der Waals surface area (Å²) >= 11 is 0. The van der Waals surface area contributed by atoms with Gasteiger partial charge in [-0.25, -0.2) is 0 Å². The molecule has 28 heavy (non-hydrogen) atoms. The molecule has 6 nitrogen and oxygen atoms in total. The zero-order valence-corrected chi connectivity index (χ0v) is 16.0. The van der Waals surface area contributed by atoms with Crippen LogP contribution in [0.5, 0.6) is 0 Å². The van der Waals surface area contributed by atoms with E-state index in [1.165, 1.54) is 0 Å². The molecule has 4 N–H and O–H groups in total. The average Bonchev–Trinajstić information content (AvgIpc) is 3.10. The first kappa shape index (κ1) is 17.9. The first-order chi connectivity index (χ1) is 13.4. The highest BCUT2D eigenvalue weighted by Crippen LogP contribution is 2.56. The molecule has 5 aliphatic carbocycles. The van der Waals surface area contributed by atoms with Gasteiger partial charge in [-0.15, -0.1) is 0 Å². The molecule has 6 heteroatoms. The van der Waals surface area contributed by atoms with Gasteiger partial charge in [0.2, 0.25) is 5.91 Å². The van der Waals surface area contributed by atoms with Crippen molar-refractivity contribution in [2.45, 2.75) is 63.0 Å². The molecule has 6 rings (SSSR count). The van der Waals surface area contributed by atoms with Gasteiger partial charge in [0, 0.05) is 37.1 Å². The minimum absolute atomic E-state index is 0.0502. The second kappa shape index (κ2) is 6.41. The number of nitrogens with zero attached hydrogens (tertiary/aromatic N) is 1. The van der Waals surface area contributed by atoms with E-state index in [1.54, 1.807) is 6.20 Å². The molecule has 0 aromatic carbocycles. The van der Waals surface area contributed by atoms with Crippen LogP contribution >= 0.6 is 0 Å². The van der Waals surface area contributed by atoms with Gasteiger partial charge in [-0.2, -0.15) is 0 Å². The maximum atomic E-state index is 12.8. The predicted molar refractivity (Wildman–Crippen MR) is 106 cm³/mol. The highest BCUT2D eigenvalue weighted by molar-refractivity contribution is 6.04. The highest BCUT2D eigenvalue weighted by atomic mass is 16.3. The van der Waals surface area contributed by atoms with Gasteiger partial charge in [-0.1, -0.05) is 12.2 Å². The van der Waals surface area contributed by atoms with Crippen LogP contribution in [0, 0.1) is 17.8 Å². The van der Waals surface area contributed by atoms with Gasteiger partial charge >= 0.3 is 0 Å². The molecule has 2 unspecified atom stereocenters. The van der Waals surface area contributed by atoms with Crippen LogP contribution in [0.4, 0.5) is 5.69 Å². The average molecular weight is 381 g/mol. The zero-order chi connectivity index (χ0) is 19.5. The van der Waals surface area contributed by atoms with E-state index in [-0.39, 0.29) is 24.7 Å². The lowest BCUT2D eigenvalue weighted by Crippen LogP contribution is -2.59. The van der Waals surface area contributed by atoms with E-state index >= 15 is 0 Å². The Morgan fingerprint density at radius 3 is 2.64 bits per heavy atom. The smallest absolute Gasteiger partial charge is 0.217 e. The molecule has 0 aliphatic heterocycles. The third-order valence-corrected chi connectivity index (χ3v) is 7.25. The molecule has 148 valence electrons. The summed E-state index contributed by atoms with van der Waals surface area (Å²) in [6, 6.07) is 0.278. The van der Waals surface area contributed by atoms with Crippen molar-refractivity contribution in [3.63, 3.8) is 0 Å². The number of nitrogens with two attached hydrogens (primary N) is 1. The van der Waals surface area contributed by atoms with E-state index in [0.717, 1.165) is 55.5 Å². The number of rotatable bonds is 6. The number of hydrogen-bond acceptors (Lipinski definition) is 5. The van der Waals surface area contributed by atoms with Crippen molar-refractivity contribution in [1.82, 2.24) is 4.98 Å². The molecule has 1 aromatic heterocycles. The van der Waals surface area contributed by atoms with Crippen molar-refractivity contribution in [2.75, 3.05) is 5.32 Å². The van der Waals surface area contributed by atoms with Crippen molar-refractivity contribution < 1.29 is 14.7 Å². The summed E-state index contributed by atoms with van der Waals surface area (Å²) in [5.74, 6) is 0.962. The van der Waals surface area contributed by atoms with E-state index in [4.69, 9.17) is 5.73 Å². The lowest BCUT2D eigenvalue weighted by Gasteiger charge is -2.58. The molecule has 1 aromatic rings. The molecule has 2 atom stereocenters. The third kappa shape index (κ3) is 2.94. The number of hydrogen-bond donors (Lipinski definition) is 3. The van der Waals surface area contributed by atoms with Crippen LogP contribution < -0.4 is 11.1 Å². The van der Waals surface area contributed by atoms with Crippen LogP contribution in [0.1, 0.15) is 66.6 Å². The van der Waals surface area contributed by atoms with Gasteiger partial charge in [0.15, 0.2) is 5.78 Å². The van der Waals surface area contributed by atoms with E-state index in [9.17, 15) is 14.7 Å². The fourth-order valence-corrected chi connectivity index (χ4v) is 6.32. The van der Waals surface area contributed by atoms with Crippen molar-refractivity contribution in [3.05, 3.63) is 29.1 Å². The number of anilines is 1.